The van der Waals surface area contributed by atoms with Crippen molar-refractivity contribution >= 4 is 17.3 Å². The van der Waals surface area contributed by atoms with Gasteiger partial charge in [0.25, 0.3) is 0 Å². The first kappa shape index (κ1) is 15.7. The standard InChI is InChI=1S/C13H13ClF3N3O/c14-6-10(21)7-19-9-1-2-12(20-4-3-18-8-20)11(5-9)13(15,16)17/h1-5,8,10,19,21H,6-7H2. The van der Waals surface area contributed by atoms with E-state index in [0.29, 0.717) is 0 Å². The van der Waals surface area contributed by atoms with Gasteiger partial charge in [0, 0.05) is 24.6 Å². The van der Waals surface area contributed by atoms with Crippen molar-refractivity contribution in [2.75, 3.05) is 17.7 Å². The van der Waals surface area contributed by atoms with Crippen LogP contribution in [0.3, 0.4) is 0 Å². The molecule has 1 unspecified atom stereocenters. The second-order valence-electron chi connectivity index (χ2n) is 4.39. The van der Waals surface area contributed by atoms with Gasteiger partial charge in [-0.05, 0) is 18.2 Å². The molecule has 1 aromatic heterocycles. The fourth-order valence-corrected chi connectivity index (χ4v) is 1.90. The molecule has 2 rings (SSSR count). The molecule has 1 atom stereocenters. The Hall–Kier alpha value is -1.73. The van der Waals surface area contributed by atoms with Crippen LogP contribution < -0.4 is 5.32 Å². The fraction of sp³-hybridized carbons (Fsp3) is 0.308. The number of alkyl halides is 4. The summed E-state index contributed by atoms with van der Waals surface area (Å²) in [4.78, 5) is 3.75. The maximum Gasteiger partial charge on any atom is 0.418 e. The van der Waals surface area contributed by atoms with Gasteiger partial charge in [0.2, 0.25) is 0 Å². The van der Waals surface area contributed by atoms with Gasteiger partial charge in [-0.3, -0.25) is 0 Å². The molecule has 2 aromatic rings. The third kappa shape index (κ3) is 3.89. The zero-order valence-corrected chi connectivity index (χ0v) is 11.6. The van der Waals surface area contributed by atoms with E-state index in [1.54, 1.807) is 0 Å². The number of nitrogens with one attached hydrogen (secondary N) is 1. The maximum absolute atomic E-state index is 13.2. The van der Waals surface area contributed by atoms with E-state index in [9.17, 15) is 18.3 Å². The quantitative estimate of drug-likeness (QED) is 0.833. The number of benzene rings is 1. The molecule has 114 valence electrons. The monoisotopic (exact) mass is 319 g/mol. The molecule has 0 spiro atoms. The molecular weight excluding hydrogens is 307 g/mol. The molecule has 0 aliphatic heterocycles. The minimum absolute atomic E-state index is 0.00620. The Labute approximate surface area is 124 Å². The summed E-state index contributed by atoms with van der Waals surface area (Å²) in [5.74, 6) is 0.00620. The smallest absolute Gasteiger partial charge is 0.390 e. The molecule has 0 radical (unpaired) electrons. The number of rotatable bonds is 5. The van der Waals surface area contributed by atoms with E-state index in [4.69, 9.17) is 11.6 Å². The molecule has 0 aliphatic rings. The predicted molar refractivity (Wildman–Crippen MR) is 73.8 cm³/mol. The summed E-state index contributed by atoms with van der Waals surface area (Å²) in [6.07, 6.45) is -1.18. The normalized spacial score (nSPS) is 13.2. The Kier molecular flexibility index (Phi) is 4.74. The van der Waals surface area contributed by atoms with Gasteiger partial charge in [-0.15, -0.1) is 11.6 Å². The Morgan fingerprint density at radius 1 is 1.38 bits per heavy atom. The Morgan fingerprint density at radius 2 is 2.14 bits per heavy atom. The van der Waals surface area contributed by atoms with E-state index in [-0.39, 0.29) is 23.8 Å². The van der Waals surface area contributed by atoms with Gasteiger partial charge in [-0.2, -0.15) is 13.2 Å². The lowest BCUT2D eigenvalue weighted by Crippen LogP contribution is -2.21. The summed E-state index contributed by atoms with van der Waals surface area (Å²) in [7, 11) is 0. The topological polar surface area (TPSA) is 50.1 Å². The van der Waals surface area contributed by atoms with Crippen LogP contribution in [0, 0.1) is 0 Å². The van der Waals surface area contributed by atoms with Crippen LogP contribution in [0.15, 0.2) is 36.9 Å². The molecule has 2 N–H and O–H groups in total. The molecule has 0 saturated heterocycles. The van der Waals surface area contributed by atoms with Gasteiger partial charge in [0.05, 0.1) is 29.6 Å². The predicted octanol–water partition coefficient (Wildman–Crippen LogP) is 2.90. The minimum atomic E-state index is -4.50. The summed E-state index contributed by atoms with van der Waals surface area (Å²) < 4.78 is 40.8. The van der Waals surface area contributed by atoms with Crippen LogP contribution in [0.5, 0.6) is 0 Å². The molecule has 8 heteroatoms. The maximum atomic E-state index is 13.2. The Balaban J connectivity index is 2.32. The third-order valence-electron chi connectivity index (χ3n) is 2.80. The summed E-state index contributed by atoms with van der Waals surface area (Å²) in [6, 6.07) is 3.85. The van der Waals surface area contributed by atoms with Crippen LogP contribution in [0.4, 0.5) is 18.9 Å². The molecule has 0 bridgehead atoms. The minimum Gasteiger partial charge on any atom is -0.390 e. The second-order valence-corrected chi connectivity index (χ2v) is 4.70. The van der Waals surface area contributed by atoms with E-state index in [0.717, 1.165) is 6.07 Å². The number of anilines is 1. The Bertz CT molecular complexity index is 587. The molecule has 4 nitrogen and oxygen atoms in total. The zero-order valence-electron chi connectivity index (χ0n) is 10.8. The second kappa shape index (κ2) is 6.36. The highest BCUT2D eigenvalue weighted by molar-refractivity contribution is 6.18. The van der Waals surface area contributed by atoms with Crippen LogP contribution >= 0.6 is 11.6 Å². The van der Waals surface area contributed by atoms with Crippen molar-refractivity contribution in [2.45, 2.75) is 12.3 Å². The Morgan fingerprint density at radius 3 is 2.71 bits per heavy atom. The number of hydrogen-bond donors (Lipinski definition) is 2. The molecule has 1 heterocycles. The van der Waals surface area contributed by atoms with Gasteiger partial charge < -0.3 is 15.0 Å². The average molecular weight is 320 g/mol. The van der Waals surface area contributed by atoms with Crippen LogP contribution in [-0.2, 0) is 6.18 Å². The number of imidazole rings is 1. The number of hydrogen-bond acceptors (Lipinski definition) is 3. The molecule has 0 saturated carbocycles. The van der Waals surface area contributed by atoms with E-state index < -0.39 is 17.8 Å². The molecule has 21 heavy (non-hydrogen) atoms. The van der Waals surface area contributed by atoms with Crippen molar-refractivity contribution < 1.29 is 18.3 Å². The van der Waals surface area contributed by atoms with Crippen LogP contribution in [-0.4, -0.2) is 33.2 Å². The third-order valence-corrected chi connectivity index (χ3v) is 3.16. The number of aliphatic hydroxyl groups is 1. The number of aromatic nitrogens is 2. The van der Waals surface area contributed by atoms with Gasteiger partial charge in [0.1, 0.15) is 0 Å². The summed E-state index contributed by atoms with van der Waals surface area (Å²) in [5, 5.41) is 12.0. The van der Waals surface area contributed by atoms with E-state index in [1.165, 1.54) is 35.4 Å². The average Bonchev–Trinajstić information content (AvgIpc) is 2.97. The highest BCUT2D eigenvalue weighted by Gasteiger charge is 2.34. The molecule has 0 aliphatic carbocycles. The largest absolute Gasteiger partial charge is 0.418 e. The fourth-order valence-electron chi connectivity index (χ4n) is 1.79. The first-order valence-electron chi connectivity index (χ1n) is 6.09. The lowest BCUT2D eigenvalue weighted by molar-refractivity contribution is -0.137. The van der Waals surface area contributed by atoms with Gasteiger partial charge in [-0.25, -0.2) is 4.98 Å². The number of aliphatic hydroxyl groups excluding tert-OH is 1. The first-order valence-corrected chi connectivity index (χ1v) is 6.62. The summed E-state index contributed by atoms with van der Waals surface area (Å²) >= 11 is 5.43. The van der Waals surface area contributed by atoms with Gasteiger partial charge in [-0.1, -0.05) is 0 Å². The highest BCUT2D eigenvalue weighted by atomic mass is 35.5. The lowest BCUT2D eigenvalue weighted by Gasteiger charge is -2.16. The summed E-state index contributed by atoms with van der Waals surface area (Å²) in [5.41, 5.74) is -0.537. The van der Waals surface area contributed by atoms with Crippen LogP contribution in [0.25, 0.3) is 5.69 Å². The first-order chi connectivity index (χ1) is 9.91. The van der Waals surface area contributed by atoms with Crippen LogP contribution in [0.1, 0.15) is 5.56 Å². The van der Waals surface area contributed by atoms with Crippen molar-refractivity contribution in [2.24, 2.45) is 0 Å². The van der Waals surface area contributed by atoms with E-state index in [1.807, 2.05) is 0 Å². The van der Waals surface area contributed by atoms with E-state index >= 15 is 0 Å². The summed E-state index contributed by atoms with van der Waals surface area (Å²) in [6.45, 7) is 0.0746. The molecule has 1 aromatic carbocycles. The van der Waals surface area contributed by atoms with Crippen molar-refractivity contribution in [3.63, 3.8) is 0 Å². The van der Waals surface area contributed by atoms with Crippen molar-refractivity contribution in [1.82, 2.24) is 9.55 Å². The number of nitrogens with zero attached hydrogens (tertiary/aromatic N) is 2. The van der Waals surface area contributed by atoms with E-state index in [2.05, 4.69) is 10.3 Å². The van der Waals surface area contributed by atoms with Crippen LogP contribution in [0.2, 0.25) is 0 Å². The molecular formula is C13H13ClF3N3O. The molecule has 0 fully saturated rings. The zero-order chi connectivity index (χ0) is 15.5. The highest BCUT2D eigenvalue weighted by Crippen LogP contribution is 2.35. The van der Waals surface area contributed by atoms with Crippen molar-refractivity contribution in [3.05, 3.63) is 42.5 Å². The SMILES string of the molecule is OC(CCl)CNc1ccc(-n2ccnc2)c(C(F)(F)F)c1. The lowest BCUT2D eigenvalue weighted by atomic mass is 10.1. The van der Waals surface area contributed by atoms with Crippen molar-refractivity contribution in [3.8, 4) is 5.69 Å². The van der Waals surface area contributed by atoms with Crippen molar-refractivity contribution in [1.29, 1.82) is 0 Å². The van der Waals surface area contributed by atoms with Gasteiger partial charge in [0.15, 0.2) is 0 Å². The van der Waals surface area contributed by atoms with Gasteiger partial charge >= 0.3 is 6.18 Å². The number of halogens is 4. The molecule has 0 amide bonds.